The molecule has 0 aromatic heterocycles. The van der Waals surface area contributed by atoms with Crippen molar-refractivity contribution < 1.29 is 4.74 Å². The smallest absolute Gasteiger partial charge is 0.116 e. The van der Waals surface area contributed by atoms with Crippen molar-refractivity contribution in [2.75, 3.05) is 19.6 Å². The van der Waals surface area contributed by atoms with Gasteiger partial charge in [0.2, 0.25) is 0 Å². The Hall–Kier alpha value is -0.120. The zero-order valence-corrected chi connectivity index (χ0v) is 8.34. The standard InChI is InChI=1S/C9H20N2O/c1-4-5-11-7-8(6-10)12-9(11,2)3/h8H,4-7,10H2,1-3H3/t8-/m0/s1. The molecule has 1 saturated heterocycles. The predicted molar refractivity (Wildman–Crippen MR) is 49.9 cm³/mol. The van der Waals surface area contributed by atoms with Gasteiger partial charge in [-0.2, -0.15) is 0 Å². The minimum Gasteiger partial charge on any atom is -0.355 e. The Bertz CT molecular complexity index is 147. The van der Waals surface area contributed by atoms with Gasteiger partial charge in [-0.1, -0.05) is 6.92 Å². The molecule has 1 aliphatic heterocycles. The van der Waals surface area contributed by atoms with E-state index in [9.17, 15) is 0 Å². The quantitative estimate of drug-likeness (QED) is 0.684. The highest BCUT2D eigenvalue weighted by atomic mass is 16.5. The Labute approximate surface area is 74.9 Å². The topological polar surface area (TPSA) is 38.5 Å². The fraction of sp³-hybridized carbons (Fsp3) is 1.00. The summed E-state index contributed by atoms with van der Waals surface area (Å²) in [7, 11) is 0. The second kappa shape index (κ2) is 3.73. The molecule has 12 heavy (non-hydrogen) atoms. The fourth-order valence-electron chi connectivity index (χ4n) is 1.74. The molecule has 0 unspecified atom stereocenters. The molecule has 72 valence electrons. The average Bonchev–Trinajstić information content (AvgIpc) is 2.28. The Balaban J connectivity index is 2.51. The molecule has 1 atom stereocenters. The van der Waals surface area contributed by atoms with E-state index in [1.165, 1.54) is 6.42 Å². The molecular formula is C9H20N2O. The van der Waals surface area contributed by atoms with Crippen LogP contribution >= 0.6 is 0 Å². The first kappa shape index (κ1) is 9.96. The van der Waals surface area contributed by atoms with Crippen LogP contribution in [0.1, 0.15) is 27.2 Å². The Morgan fingerprint density at radius 2 is 2.25 bits per heavy atom. The molecule has 0 saturated carbocycles. The number of ether oxygens (including phenoxy) is 1. The molecule has 0 aromatic rings. The van der Waals surface area contributed by atoms with Gasteiger partial charge in [0.05, 0.1) is 6.10 Å². The minimum atomic E-state index is -0.111. The van der Waals surface area contributed by atoms with Gasteiger partial charge in [-0.25, -0.2) is 0 Å². The van der Waals surface area contributed by atoms with Gasteiger partial charge in [-0.05, 0) is 20.3 Å². The summed E-state index contributed by atoms with van der Waals surface area (Å²) in [6.45, 7) is 9.12. The molecule has 3 heteroatoms. The molecular weight excluding hydrogens is 152 g/mol. The lowest BCUT2D eigenvalue weighted by atomic mass is 10.2. The average molecular weight is 172 g/mol. The van der Waals surface area contributed by atoms with Crippen LogP contribution in [0.4, 0.5) is 0 Å². The zero-order chi connectivity index (χ0) is 9.19. The van der Waals surface area contributed by atoms with Crippen molar-refractivity contribution in [3.05, 3.63) is 0 Å². The summed E-state index contributed by atoms with van der Waals surface area (Å²) < 4.78 is 5.76. The summed E-state index contributed by atoms with van der Waals surface area (Å²) in [5.41, 5.74) is 5.45. The van der Waals surface area contributed by atoms with E-state index in [-0.39, 0.29) is 11.8 Å². The second-order valence-corrected chi connectivity index (χ2v) is 3.87. The van der Waals surface area contributed by atoms with Crippen molar-refractivity contribution in [1.29, 1.82) is 0 Å². The lowest BCUT2D eigenvalue weighted by molar-refractivity contribution is -0.0727. The van der Waals surface area contributed by atoms with Gasteiger partial charge in [0.15, 0.2) is 0 Å². The maximum atomic E-state index is 5.76. The van der Waals surface area contributed by atoms with E-state index in [4.69, 9.17) is 10.5 Å². The van der Waals surface area contributed by atoms with Crippen LogP contribution in [-0.2, 0) is 4.74 Å². The van der Waals surface area contributed by atoms with Crippen LogP contribution < -0.4 is 5.73 Å². The summed E-state index contributed by atoms with van der Waals surface area (Å²) in [4.78, 5) is 2.35. The van der Waals surface area contributed by atoms with Gasteiger partial charge >= 0.3 is 0 Å². The molecule has 1 rings (SSSR count). The lowest BCUT2D eigenvalue weighted by Gasteiger charge is -2.29. The number of rotatable bonds is 3. The third-order valence-corrected chi connectivity index (χ3v) is 2.40. The summed E-state index contributed by atoms with van der Waals surface area (Å²) in [5.74, 6) is 0. The number of hydrogen-bond acceptors (Lipinski definition) is 3. The third kappa shape index (κ3) is 1.97. The SMILES string of the molecule is CCCN1C[C@H](CN)OC1(C)C. The Morgan fingerprint density at radius 1 is 1.58 bits per heavy atom. The van der Waals surface area contributed by atoms with Crippen LogP contribution in [0.15, 0.2) is 0 Å². The van der Waals surface area contributed by atoms with E-state index < -0.39 is 0 Å². The largest absolute Gasteiger partial charge is 0.355 e. The van der Waals surface area contributed by atoms with Crippen molar-refractivity contribution in [1.82, 2.24) is 4.90 Å². The van der Waals surface area contributed by atoms with Gasteiger partial charge in [0.25, 0.3) is 0 Å². The van der Waals surface area contributed by atoms with Crippen LogP contribution in [0.2, 0.25) is 0 Å². The minimum absolute atomic E-state index is 0.111. The van der Waals surface area contributed by atoms with Crippen LogP contribution in [0.5, 0.6) is 0 Å². The molecule has 1 fully saturated rings. The predicted octanol–water partition coefficient (Wildman–Crippen LogP) is 0.792. The summed E-state index contributed by atoms with van der Waals surface area (Å²) in [6.07, 6.45) is 1.40. The van der Waals surface area contributed by atoms with Crippen molar-refractivity contribution in [2.45, 2.75) is 39.0 Å². The Morgan fingerprint density at radius 3 is 2.67 bits per heavy atom. The van der Waals surface area contributed by atoms with E-state index in [1.54, 1.807) is 0 Å². The van der Waals surface area contributed by atoms with Crippen LogP contribution in [0.25, 0.3) is 0 Å². The highest BCUT2D eigenvalue weighted by molar-refractivity contribution is 4.84. The van der Waals surface area contributed by atoms with Crippen LogP contribution in [0.3, 0.4) is 0 Å². The van der Waals surface area contributed by atoms with Gasteiger partial charge in [-0.3, -0.25) is 4.90 Å². The molecule has 0 radical (unpaired) electrons. The van der Waals surface area contributed by atoms with E-state index in [0.29, 0.717) is 6.54 Å². The van der Waals surface area contributed by atoms with Crippen molar-refractivity contribution in [3.63, 3.8) is 0 Å². The lowest BCUT2D eigenvalue weighted by Crippen LogP contribution is -2.39. The molecule has 0 spiro atoms. The maximum Gasteiger partial charge on any atom is 0.116 e. The highest BCUT2D eigenvalue weighted by Gasteiger charge is 2.37. The molecule has 0 aromatic carbocycles. The highest BCUT2D eigenvalue weighted by Crippen LogP contribution is 2.25. The van der Waals surface area contributed by atoms with Crippen molar-refractivity contribution in [2.24, 2.45) is 5.73 Å². The number of hydrogen-bond donors (Lipinski definition) is 1. The molecule has 2 N–H and O–H groups in total. The van der Waals surface area contributed by atoms with Gasteiger partial charge in [0, 0.05) is 19.6 Å². The van der Waals surface area contributed by atoms with E-state index >= 15 is 0 Å². The van der Waals surface area contributed by atoms with Crippen LogP contribution in [0, 0.1) is 0 Å². The number of nitrogens with zero attached hydrogens (tertiary/aromatic N) is 1. The number of nitrogens with two attached hydrogens (primary N) is 1. The molecule has 0 aliphatic carbocycles. The van der Waals surface area contributed by atoms with Crippen molar-refractivity contribution >= 4 is 0 Å². The third-order valence-electron chi connectivity index (χ3n) is 2.40. The molecule has 0 amide bonds. The molecule has 1 aliphatic rings. The first-order valence-electron chi connectivity index (χ1n) is 4.73. The summed E-state index contributed by atoms with van der Waals surface area (Å²) in [5, 5.41) is 0. The summed E-state index contributed by atoms with van der Waals surface area (Å²) >= 11 is 0. The summed E-state index contributed by atoms with van der Waals surface area (Å²) in [6, 6.07) is 0. The molecule has 3 nitrogen and oxygen atoms in total. The van der Waals surface area contributed by atoms with Gasteiger partial charge in [0.1, 0.15) is 5.72 Å². The first-order chi connectivity index (χ1) is 5.60. The van der Waals surface area contributed by atoms with E-state index in [2.05, 4.69) is 25.7 Å². The van der Waals surface area contributed by atoms with Crippen LogP contribution in [-0.4, -0.2) is 36.4 Å². The maximum absolute atomic E-state index is 5.76. The fourth-order valence-corrected chi connectivity index (χ4v) is 1.74. The van der Waals surface area contributed by atoms with Gasteiger partial charge < -0.3 is 10.5 Å². The molecule has 1 heterocycles. The molecule has 0 bridgehead atoms. The zero-order valence-electron chi connectivity index (χ0n) is 8.34. The van der Waals surface area contributed by atoms with Crippen molar-refractivity contribution in [3.8, 4) is 0 Å². The van der Waals surface area contributed by atoms with Gasteiger partial charge in [-0.15, -0.1) is 0 Å². The van der Waals surface area contributed by atoms with E-state index in [0.717, 1.165) is 13.1 Å². The Kier molecular flexibility index (Phi) is 3.09. The second-order valence-electron chi connectivity index (χ2n) is 3.87. The monoisotopic (exact) mass is 172 g/mol. The van der Waals surface area contributed by atoms with E-state index in [1.807, 2.05) is 0 Å². The normalized spacial score (nSPS) is 29.5. The first-order valence-corrected chi connectivity index (χ1v) is 4.73.